The molecule has 2 nitrogen and oxygen atoms in total. The summed E-state index contributed by atoms with van der Waals surface area (Å²) in [5, 5.41) is 0. The number of rotatable bonds is 2. The van der Waals surface area contributed by atoms with Crippen LogP contribution in [0.1, 0.15) is 17.7 Å². The van der Waals surface area contributed by atoms with Crippen molar-refractivity contribution in [2.75, 3.05) is 0 Å². The lowest BCUT2D eigenvalue weighted by molar-refractivity contribution is -0.275. The minimum Gasteiger partial charge on any atom is -0.401 e. The minimum absolute atomic E-state index is 0.386. The number of ether oxygens (including phenoxy) is 1. The SMILES string of the molecule is Fc1nc(C(F)(F)F)c(C(F)F)cc1OC(F)(F)F. The lowest BCUT2D eigenvalue weighted by Gasteiger charge is -2.14. The van der Waals surface area contributed by atoms with Gasteiger partial charge in [-0.1, -0.05) is 0 Å². The largest absolute Gasteiger partial charge is 0.573 e. The van der Waals surface area contributed by atoms with E-state index >= 15 is 0 Å². The Labute approximate surface area is 98.3 Å². The fraction of sp³-hybridized carbons (Fsp3) is 0.375. The molecule has 0 aliphatic heterocycles. The highest BCUT2D eigenvalue weighted by atomic mass is 19.4. The molecule has 0 saturated heterocycles. The van der Waals surface area contributed by atoms with Crippen LogP contribution in [-0.2, 0) is 6.18 Å². The number of hydrogen-bond donors (Lipinski definition) is 0. The summed E-state index contributed by atoms with van der Waals surface area (Å²) in [6.45, 7) is 0. The van der Waals surface area contributed by atoms with E-state index in [4.69, 9.17) is 0 Å². The highest BCUT2D eigenvalue weighted by Gasteiger charge is 2.40. The second-order valence-corrected chi connectivity index (χ2v) is 3.06. The van der Waals surface area contributed by atoms with Crippen molar-refractivity contribution in [1.29, 1.82) is 0 Å². The van der Waals surface area contributed by atoms with Crippen molar-refractivity contribution in [3.05, 3.63) is 23.3 Å². The quantitative estimate of drug-likeness (QED) is 0.606. The van der Waals surface area contributed by atoms with Gasteiger partial charge < -0.3 is 4.74 Å². The van der Waals surface area contributed by atoms with E-state index in [1.54, 1.807) is 0 Å². The third kappa shape index (κ3) is 3.89. The summed E-state index contributed by atoms with van der Waals surface area (Å²) in [5.41, 5.74) is -4.22. The Morgan fingerprint density at radius 3 is 1.95 bits per heavy atom. The second kappa shape index (κ2) is 4.78. The summed E-state index contributed by atoms with van der Waals surface area (Å²) in [4.78, 5) is 2.05. The van der Waals surface area contributed by atoms with E-state index in [2.05, 4.69) is 9.72 Å². The van der Waals surface area contributed by atoms with Gasteiger partial charge >= 0.3 is 12.5 Å². The Bertz CT molecular complexity index is 465. The fourth-order valence-electron chi connectivity index (χ4n) is 1.08. The third-order valence-electron chi connectivity index (χ3n) is 1.70. The predicted octanol–water partition coefficient (Wildman–Crippen LogP) is 4.08. The monoisotopic (exact) mass is 299 g/mol. The fourth-order valence-corrected chi connectivity index (χ4v) is 1.08. The molecule has 0 amide bonds. The predicted molar refractivity (Wildman–Crippen MR) is 40.8 cm³/mol. The van der Waals surface area contributed by atoms with Crippen LogP contribution >= 0.6 is 0 Å². The van der Waals surface area contributed by atoms with E-state index in [1.165, 1.54) is 0 Å². The molecule has 0 radical (unpaired) electrons. The van der Waals surface area contributed by atoms with Crippen molar-refractivity contribution >= 4 is 0 Å². The van der Waals surface area contributed by atoms with Crippen molar-refractivity contribution in [3.8, 4) is 5.75 Å². The number of nitrogens with zero attached hydrogens (tertiary/aromatic N) is 1. The van der Waals surface area contributed by atoms with Crippen LogP contribution in [0.2, 0.25) is 0 Å². The molecule has 0 unspecified atom stereocenters. The van der Waals surface area contributed by atoms with E-state index in [0.29, 0.717) is 0 Å². The maximum atomic E-state index is 12.9. The standard InChI is InChI=1S/C8H2F9NO/c9-5(10)2-1-3(19-8(15,16)17)6(11)18-4(2)7(12,13)14/h1,5H. The zero-order valence-electron chi connectivity index (χ0n) is 8.41. The molecule has 0 aliphatic rings. The molecule has 11 heteroatoms. The molecule has 0 saturated carbocycles. The molecule has 0 atom stereocenters. The normalized spacial score (nSPS) is 12.9. The topological polar surface area (TPSA) is 22.1 Å². The van der Waals surface area contributed by atoms with Crippen LogP contribution in [0.4, 0.5) is 39.5 Å². The number of alkyl halides is 8. The minimum atomic E-state index is -5.46. The molecule has 0 fully saturated rings. The number of hydrogen-bond acceptors (Lipinski definition) is 2. The third-order valence-corrected chi connectivity index (χ3v) is 1.70. The molecular weight excluding hydrogens is 297 g/mol. The Balaban J connectivity index is 3.37. The van der Waals surface area contributed by atoms with Gasteiger partial charge in [0.05, 0.1) is 5.56 Å². The molecule has 0 aliphatic carbocycles. The lowest BCUT2D eigenvalue weighted by atomic mass is 10.2. The molecule has 1 aromatic heterocycles. The molecule has 0 aromatic carbocycles. The first-order chi connectivity index (χ1) is 8.42. The van der Waals surface area contributed by atoms with Crippen LogP contribution in [0.5, 0.6) is 5.75 Å². The van der Waals surface area contributed by atoms with E-state index in [0.717, 1.165) is 0 Å². The average molecular weight is 299 g/mol. The van der Waals surface area contributed by atoms with Crippen molar-refractivity contribution in [3.63, 3.8) is 0 Å². The van der Waals surface area contributed by atoms with Gasteiger partial charge in [-0.05, 0) is 6.07 Å². The number of pyridine rings is 1. The van der Waals surface area contributed by atoms with Crippen LogP contribution in [0, 0.1) is 5.95 Å². The summed E-state index contributed by atoms with van der Waals surface area (Å²) < 4.78 is 112. The molecule has 1 aromatic rings. The van der Waals surface area contributed by atoms with Gasteiger partial charge in [0.15, 0.2) is 11.4 Å². The second-order valence-electron chi connectivity index (χ2n) is 3.06. The van der Waals surface area contributed by atoms with E-state index < -0.39 is 41.9 Å². The Morgan fingerprint density at radius 2 is 1.58 bits per heavy atom. The van der Waals surface area contributed by atoms with Crippen molar-refractivity contribution in [1.82, 2.24) is 4.98 Å². The Hall–Kier alpha value is -1.68. The maximum Gasteiger partial charge on any atom is 0.573 e. The maximum absolute atomic E-state index is 12.9. The highest BCUT2D eigenvalue weighted by Crippen LogP contribution is 2.38. The van der Waals surface area contributed by atoms with Crippen LogP contribution in [0.3, 0.4) is 0 Å². The van der Waals surface area contributed by atoms with Crippen molar-refractivity contribution < 1.29 is 44.3 Å². The summed E-state index contributed by atoms with van der Waals surface area (Å²) in [5.74, 6) is -4.16. The van der Waals surface area contributed by atoms with Crippen LogP contribution < -0.4 is 4.74 Å². The first-order valence-corrected chi connectivity index (χ1v) is 4.23. The van der Waals surface area contributed by atoms with E-state index in [-0.39, 0.29) is 6.07 Å². The van der Waals surface area contributed by atoms with Gasteiger partial charge in [0, 0.05) is 0 Å². The molecular formula is C8H2F9NO. The molecule has 1 heterocycles. The summed E-state index contributed by atoms with van der Waals surface area (Å²) >= 11 is 0. The van der Waals surface area contributed by atoms with Gasteiger partial charge in [0.25, 0.3) is 12.4 Å². The first kappa shape index (κ1) is 15.4. The van der Waals surface area contributed by atoms with Gasteiger partial charge in [-0.25, -0.2) is 13.8 Å². The van der Waals surface area contributed by atoms with E-state index in [9.17, 15) is 39.5 Å². The zero-order valence-corrected chi connectivity index (χ0v) is 8.41. The zero-order chi connectivity index (χ0) is 15.0. The number of aromatic nitrogens is 1. The number of halogens is 9. The summed E-state index contributed by atoms with van der Waals surface area (Å²) in [6.07, 6.45) is -14.7. The van der Waals surface area contributed by atoms with Crippen molar-refractivity contribution in [2.45, 2.75) is 19.0 Å². The van der Waals surface area contributed by atoms with Crippen LogP contribution in [0.15, 0.2) is 6.07 Å². The molecule has 108 valence electrons. The molecule has 0 spiro atoms. The lowest BCUT2D eigenvalue weighted by Crippen LogP contribution is -2.20. The van der Waals surface area contributed by atoms with Crippen molar-refractivity contribution in [2.24, 2.45) is 0 Å². The van der Waals surface area contributed by atoms with Gasteiger partial charge in [-0.15, -0.1) is 13.2 Å². The van der Waals surface area contributed by atoms with Crippen LogP contribution in [0.25, 0.3) is 0 Å². The molecule has 1 rings (SSSR count). The molecule has 0 bridgehead atoms. The Morgan fingerprint density at radius 1 is 1.05 bits per heavy atom. The van der Waals surface area contributed by atoms with Gasteiger partial charge in [0.2, 0.25) is 0 Å². The molecule has 19 heavy (non-hydrogen) atoms. The molecule has 0 N–H and O–H groups in total. The highest BCUT2D eigenvalue weighted by molar-refractivity contribution is 5.33. The van der Waals surface area contributed by atoms with Gasteiger partial charge in [-0.3, -0.25) is 0 Å². The van der Waals surface area contributed by atoms with Gasteiger partial charge in [-0.2, -0.15) is 17.6 Å². The van der Waals surface area contributed by atoms with Gasteiger partial charge in [0.1, 0.15) is 0 Å². The Kier molecular flexibility index (Phi) is 3.87. The average Bonchev–Trinajstić information content (AvgIpc) is 2.16. The smallest absolute Gasteiger partial charge is 0.401 e. The first-order valence-electron chi connectivity index (χ1n) is 4.23. The summed E-state index contributed by atoms with van der Waals surface area (Å²) in [6, 6.07) is -0.386. The summed E-state index contributed by atoms with van der Waals surface area (Å²) in [7, 11) is 0. The van der Waals surface area contributed by atoms with E-state index in [1.807, 2.05) is 0 Å². The van der Waals surface area contributed by atoms with Crippen LogP contribution in [-0.4, -0.2) is 11.3 Å².